The van der Waals surface area contributed by atoms with Crippen molar-refractivity contribution in [1.82, 2.24) is 10.2 Å². The first-order valence-corrected chi connectivity index (χ1v) is 15.0. The first-order valence-electron chi connectivity index (χ1n) is 13.2. The van der Waals surface area contributed by atoms with E-state index in [2.05, 4.69) is 5.32 Å². The van der Waals surface area contributed by atoms with Gasteiger partial charge in [-0.2, -0.15) is 0 Å². The smallest absolute Gasteiger partial charge is 0.264 e. The Bertz CT molecular complexity index is 1360. The number of sulfonamides is 1. The number of carbonyl (C=O) groups excluding carboxylic acids is 2. The predicted octanol–water partition coefficient (Wildman–Crippen LogP) is 5.27. The Balaban J connectivity index is 2.04. The van der Waals surface area contributed by atoms with E-state index in [1.54, 1.807) is 66.7 Å². The van der Waals surface area contributed by atoms with Crippen molar-refractivity contribution >= 4 is 39.1 Å². The quantitative estimate of drug-likeness (QED) is 0.295. The maximum Gasteiger partial charge on any atom is 0.264 e. The van der Waals surface area contributed by atoms with E-state index in [0.717, 1.165) is 9.87 Å². The van der Waals surface area contributed by atoms with E-state index in [1.165, 1.54) is 17.0 Å². The first kappa shape index (κ1) is 31.0. The van der Waals surface area contributed by atoms with Gasteiger partial charge in [-0.15, -0.1) is 0 Å². The van der Waals surface area contributed by atoms with Crippen LogP contribution >= 0.6 is 11.6 Å². The second-order valence-electron chi connectivity index (χ2n) is 9.49. The third-order valence-corrected chi connectivity index (χ3v) is 8.17. The molecular formula is C30H36ClN3O5S. The zero-order valence-corrected chi connectivity index (χ0v) is 24.8. The van der Waals surface area contributed by atoms with Gasteiger partial charge in [0.2, 0.25) is 11.8 Å². The standard InChI is InChI=1S/C30H36ClN3O5S/c1-5-28(30(36)32-22(3)4)33(20-23-12-14-24(31)15-13-23)29(35)21-34(25-16-18-26(19-17-25)39-6-2)40(37,38)27-10-8-7-9-11-27/h7-19,22,28H,5-6,20-21H2,1-4H3,(H,32,36)/t28-/m0/s1. The Morgan fingerprint density at radius 3 is 2.10 bits per heavy atom. The molecule has 0 unspecified atom stereocenters. The topological polar surface area (TPSA) is 96.0 Å². The average Bonchev–Trinajstić information content (AvgIpc) is 2.93. The molecule has 3 aromatic carbocycles. The maximum atomic E-state index is 14.0. The summed E-state index contributed by atoms with van der Waals surface area (Å²) < 4.78 is 34.3. The summed E-state index contributed by atoms with van der Waals surface area (Å²) in [6.45, 7) is 7.41. The highest BCUT2D eigenvalue weighted by molar-refractivity contribution is 7.92. The number of anilines is 1. The van der Waals surface area contributed by atoms with Crippen molar-refractivity contribution in [3.63, 3.8) is 0 Å². The van der Waals surface area contributed by atoms with Crippen LogP contribution in [0.25, 0.3) is 0 Å². The number of rotatable bonds is 13. The molecule has 0 aliphatic carbocycles. The van der Waals surface area contributed by atoms with Crippen LogP contribution in [0.5, 0.6) is 5.75 Å². The van der Waals surface area contributed by atoms with Crippen molar-refractivity contribution in [3.8, 4) is 5.75 Å². The minimum absolute atomic E-state index is 0.0468. The molecule has 40 heavy (non-hydrogen) atoms. The fraction of sp³-hybridized carbons (Fsp3) is 0.333. The lowest BCUT2D eigenvalue weighted by molar-refractivity contribution is -0.140. The van der Waals surface area contributed by atoms with Crippen LogP contribution in [-0.2, 0) is 26.2 Å². The molecule has 0 radical (unpaired) electrons. The van der Waals surface area contributed by atoms with E-state index >= 15 is 0 Å². The van der Waals surface area contributed by atoms with Gasteiger partial charge in [-0.25, -0.2) is 8.42 Å². The minimum atomic E-state index is -4.13. The van der Waals surface area contributed by atoms with E-state index in [0.29, 0.717) is 29.5 Å². The van der Waals surface area contributed by atoms with Gasteiger partial charge in [0.1, 0.15) is 18.3 Å². The fourth-order valence-electron chi connectivity index (χ4n) is 4.21. The van der Waals surface area contributed by atoms with Gasteiger partial charge in [-0.1, -0.05) is 48.9 Å². The van der Waals surface area contributed by atoms with Gasteiger partial charge in [0, 0.05) is 17.6 Å². The van der Waals surface area contributed by atoms with E-state index in [-0.39, 0.29) is 23.4 Å². The summed E-state index contributed by atoms with van der Waals surface area (Å²) in [5.74, 6) is -0.247. The Labute approximate surface area is 241 Å². The number of nitrogens with zero attached hydrogens (tertiary/aromatic N) is 2. The van der Waals surface area contributed by atoms with Gasteiger partial charge in [-0.05, 0) is 81.3 Å². The molecule has 0 aliphatic heterocycles. The normalized spacial score (nSPS) is 12.1. The molecule has 1 atom stereocenters. The largest absolute Gasteiger partial charge is 0.494 e. The lowest BCUT2D eigenvalue weighted by Gasteiger charge is -2.33. The van der Waals surface area contributed by atoms with Crippen molar-refractivity contribution < 1.29 is 22.7 Å². The van der Waals surface area contributed by atoms with Crippen LogP contribution in [0.4, 0.5) is 5.69 Å². The molecular weight excluding hydrogens is 550 g/mol. The van der Waals surface area contributed by atoms with Crippen LogP contribution in [0.2, 0.25) is 5.02 Å². The highest BCUT2D eigenvalue weighted by Crippen LogP contribution is 2.27. The highest BCUT2D eigenvalue weighted by Gasteiger charge is 2.33. The molecule has 3 aromatic rings. The Morgan fingerprint density at radius 2 is 1.55 bits per heavy atom. The van der Waals surface area contributed by atoms with Crippen molar-refractivity contribution in [2.45, 2.75) is 57.6 Å². The molecule has 1 N–H and O–H groups in total. The Kier molecular flexibility index (Phi) is 11.0. The summed E-state index contributed by atoms with van der Waals surface area (Å²) in [6, 6.07) is 20.5. The lowest BCUT2D eigenvalue weighted by Crippen LogP contribution is -2.53. The summed E-state index contributed by atoms with van der Waals surface area (Å²) in [7, 11) is -4.13. The number of carbonyl (C=O) groups is 2. The molecule has 0 fully saturated rings. The summed E-state index contributed by atoms with van der Waals surface area (Å²) in [5.41, 5.74) is 1.05. The van der Waals surface area contributed by atoms with Crippen molar-refractivity contribution in [2.75, 3.05) is 17.5 Å². The second-order valence-corrected chi connectivity index (χ2v) is 11.8. The van der Waals surface area contributed by atoms with Gasteiger partial charge in [0.25, 0.3) is 10.0 Å². The van der Waals surface area contributed by atoms with Crippen molar-refractivity contribution in [2.24, 2.45) is 0 Å². The Morgan fingerprint density at radius 1 is 0.925 bits per heavy atom. The van der Waals surface area contributed by atoms with Crippen molar-refractivity contribution in [3.05, 3.63) is 89.4 Å². The molecule has 0 aromatic heterocycles. The van der Waals surface area contributed by atoms with Gasteiger partial charge in [0.15, 0.2) is 0 Å². The third-order valence-electron chi connectivity index (χ3n) is 6.13. The SMILES string of the molecule is CCOc1ccc(N(CC(=O)N(Cc2ccc(Cl)cc2)[C@@H](CC)C(=O)NC(C)C)S(=O)(=O)c2ccccc2)cc1. The molecule has 0 aliphatic rings. The molecule has 0 spiro atoms. The fourth-order valence-corrected chi connectivity index (χ4v) is 5.77. The molecule has 0 saturated carbocycles. The molecule has 2 amide bonds. The lowest BCUT2D eigenvalue weighted by atomic mass is 10.1. The molecule has 3 rings (SSSR count). The van der Waals surface area contributed by atoms with E-state index < -0.39 is 28.5 Å². The number of nitrogens with one attached hydrogen (secondary N) is 1. The number of ether oxygens (including phenoxy) is 1. The number of benzene rings is 3. The second kappa shape index (κ2) is 14.2. The van der Waals surface area contributed by atoms with Crippen LogP contribution in [0.1, 0.15) is 39.7 Å². The van der Waals surface area contributed by atoms with E-state index in [1.807, 2.05) is 27.7 Å². The number of hydrogen-bond donors (Lipinski definition) is 1. The van der Waals surface area contributed by atoms with E-state index in [4.69, 9.17) is 16.3 Å². The average molecular weight is 586 g/mol. The zero-order valence-electron chi connectivity index (χ0n) is 23.2. The maximum absolute atomic E-state index is 14.0. The summed E-state index contributed by atoms with van der Waals surface area (Å²) >= 11 is 6.06. The van der Waals surface area contributed by atoms with Gasteiger partial charge >= 0.3 is 0 Å². The van der Waals surface area contributed by atoms with Gasteiger partial charge < -0.3 is 15.0 Å². The number of amides is 2. The monoisotopic (exact) mass is 585 g/mol. The molecule has 8 nitrogen and oxygen atoms in total. The van der Waals surface area contributed by atoms with Crippen LogP contribution in [0, 0.1) is 0 Å². The molecule has 10 heteroatoms. The van der Waals surface area contributed by atoms with Gasteiger partial charge in [-0.3, -0.25) is 13.9 Å². The third kappa shape index (κ3) is 7.99. The molecule has 0 bridgehead atoms. The van der Waals surface area contributed by atoms with Crippen LogP contribution < -0.4 is 14.4 Å². The van der Waals surface area contributed by atoms with Crippen molar-refractivity contribution in [1.29, 1.82) is 0 Å². The summed E-state index contributed by atoms with van der Waals surface area (Å²) in [5, 5.41) is 3.43. The number of hydrogen-bond acceptors (Lipinski definition) is 5. The van der Waals surface area contributed by atoms with Crippen LogP contribution in [0.3, 0.4) is 0 Å². The Hall–Kier alpha value is -3.56. The van der Waals surface area contributed by atoms with E-state index in [9.17, 15) is 18.0 Å². The molecule has 0 heterocycles. The van der Waals surface area contributed by atoms with Gasteiger partial charge in [0.05, 0.1) is 17.2 Å². The van der Waals surface area contributed by atoms with Crippen LogP contribution in [0.15, 0.2) is 83.8 Å². The highest BCUT2D eigenvalue weighted by atomic mass is 35.5. The molecule has 214 valence electrons. The van der Waals surface area contributed by atoms with Crippen LogP contribution in [-0.4, -0.2) is 50.4 Å². The minimum Gasteiger partial charge on any atom is -0.494 e. The molecule has 0 saturated heterocycles. The zero-order chi connectivity index (χ0) is 29.3. The predicted molar refractivity (Wildman–Crippen MR) is 158 cm³/mol. The summed E-state index contributed by atoms with van der Waals surface area (Å²) in [4.78, 5) is 28.7. The summed E-state index contributed by atoms with van der Waals surface area (Å²) in [6.07, 6.45) is 0.340. The first-order chi connectivity index (χ1) is 19.1. The number of halogens is 1.